The second kappa shape index (κ2) is 6.24. The van der Waals surface area contributed by atoms with Gasteiger partial charge in [-0.25, -0.2) is 9.79 Å². The van der Waals surface area contributed by atoms with E-state index < -0.39 is 5.97 Å². The molecule has 2 aromatic carbocycles. The van der Waals surface area contributed by atoms with Crippen molar-refractivity contribution in [3.63, 3.8) is 0 Å². The molecule has 116 valence electrons. The summed E-state index contributed by atoms with van der Waals surface area (Å²) in [5.74, 6) is -0.664. The number of phenols is 1. The molecule has 0 fully saturated rings. The zero-order chi connectivity index (χ0) is 16.6. The lowest BCUT2D eigenvalue weighted by Gasteiger charge is -2.02. The highest BCUT2D eigenvalue weighted by molar-refractivity contribution is 6.36. The first-order valence-electron chi connectivity index (χ1n) is 6.40. The molecular weight excluding hydrogens is 361 g/mol. The number of hydrogen-bond acceptors (Lipinski definition) is 4. The molecule has 4 nitrogen and oxygen atoms in total. The first kappa shape index (κ1) is 15.9. The number of nitrogens with zero attached hydrogens (tertiary/aromatic N) is 1. The zero-order valence-corrected chi connectivity index (χ0v) is 13.7. The van der Waals surface area contributed by atoms with Gasteiger partial charge in [-0.3, -0.25) is 0 Å². The van der Waals surface area contributed by atoms with Gasteiger partial charge in [0.05, 0.1) is 5.02 Å². The fourth-order valence-electron chi connectivity index (χ4n) is 1.97. The van der Waals surface area contributed by atoms with E-state index in [0.29, 0.717) is 15.6 Å². The number of cyclic esters (lactones) is 1. The molecular formula is C16H8Cl3NO3. The van der Waals surface area contributed by atoms with Crippen LogP contribution in [-0.2, 0) is 9.53 Å². The van der Waals surface area contributed by atoms with E-state index in [1.165, 1.54) is 18.2 Å². The zero-order valence-electron chi connectivity index (χ0n) is 11.4. The molecule has 1 heterocycles. The fraction of sp³-hybridized carbons (Fsp3) is 0. The number of carbonyl (C=O) groups excluding carboxylic acids is 1. The van der Waals surface area contributed by atoms with Gasteiger partial charge in [0, 0.05) is 21.2 Å². The van der Waals surface area contributed by atoms with E-state index in [4.69, 9.17) is 39.5 Å². The molecule has 23 heavy (non-hydrogen) atoms. The number of aromatic hydroxyl groups is 1. The van der Waals surface area contributed by atoms with Gasteiger partial charge in [-0.15, -0.1) is 0 Å². The normalized spacial score (nSPS) is 15.7. The number of esters is 1. The van der Waals surface area contributed by atoms with Crippen LogP contribution >= 0.6 is 34.8 Å². The van der Waals surface area contributed by atoms with Crippen LogP contribution in [0.1, 0.15) is 11.1 Å². The summed E-state index contributed by atoms with van der Waals surface area (Å²) < 4.78 is 5.12. The molecule has 0 bridgehead atoms. The highest BCUT2D eigenvalue weighted by Crippen LogP contribution is 2.33. The van der Waals surface area contributed by atoms with Gasteiger partial charge in [-0.05, 0) is 42.5 Å². The van der Waals surface area contributed by atoms with Crippen molar-refractivity contribution >= 4 is 52.7 Å². The monoisotopic (exact) mass is 367 g/mol. The van der Waals surface area contributed by atoms with Crippen molar-refractivity contribution in [3.8, 4) is 5.75 Å². The highest BCUT2D eigenvalue weighted by Gasteiger charge is 2.24. The van der Waals surface area contributed by atoms with Gasteiger partial charge >= 0.3 is 5.97 Å². The average Bonchev–Trinajstić information content (AvgIpc) is 2.86. The number of benzene rings is 2. The maximum atomic E-state index is 11.9. The lowest BCUT2D eigenvalue weighted by Crippen LogP contribution is -2.05. The maximum absolute atomic E-state index is 11.9. The van der Waals surface area contributed by atoms with Crippen LogP contribution in [0.2, 0.25) is 15.1 Å². The maximum Gasteiger partial charge on any atom is 0.363 e. The summed E-state index contributed by atoms with van der Waals surface area (Å²) in [6.07, 6.45) is 1.36. The van der Waals surface area contributed by atoms with Crippen molar-refractivity contribution in [1.29, 1.82) is 0 Å². The minimum Gasteiger partial charge on any atom is -0.506 e. The van der Waals surface area contributed by atoms with E-state index in [-0.39, 0.29) is 27.9 Å². The predicted molar refractivity (Wildman–Crippen MR) is 90.2 cm³/mol. The summed E-state index contributed by atoms with van der Waals surface area (Å²) >= 11 is 17.6. The van der Waals surface area contributed by atoms with Crippen LogP contribution < -0.4 is 0 Å². The molecule has 7 heteroatoms. The van der Waals surface area contributed by atoms with Crippen LogP contribution in [0, 0.1) is 0 Å². The number of rotatable bonds is 2. The molecule has 3 rings (SSSR count). The van der Waals surface area contributed by atoms with E-state index in [0.717, 1.165) is 0 Å². The molecule has 2 aromatic rings. The smallest absolute Gasteiger partial charge is 0.363 e. The van der Waals surface area contributed by atoms with Gasteiger partial charge in [0.2, 0.25) is 5.90 Å². The Bertz CT molecular complexity index is 858. The SMILES string of the molecule is O=C1OC(c2ccc(Cl)cc2)=N/C1=C\c1cc(Cl)cc(Cl)c1O. The van der Waals surface area contributed by atoms with Crippen molar-refractivity contribution in [2.24, 2.45) is 4.99 Å². The molecule has 0 saturated carbocycles. The van der Waals surface area contributed by atoms with Crippen LogP contribution in [0.4, 0.5) is 0 Å². The largest absolute Gasteiger partial charge is 0.506 e. The Hall–Kier alpha value is -2.01. The molecule has 1 N–H and O–H groups in total. The molecule has 0 saturated heterocycles. The Balaban J connectivity index is 2.00. The van der Waals surface area contributed by atoms with E-state index >= 15 is 0 Å². The van der Waals surface area contributed by atoms with E-state index in [9.17, 15) is 9.90 Å². The third kappa shape index (κ3) is 3.34. The number of carbonyl (C=O) groups is 1. The second-order valence-electron chi connectivity index (χ2n) is 4.67. The van der Waals surface area contributed by atoms with Crippen LogP contribution in [0.25, 0.3) is 6.08 Å². The number of hydrogen-bond donors (Lipinski definition) is 1. The minimum absolute atomic E-state index is 0.0311. The number of aliphatic imine (C=N–C) groups is 1. The van der Waals surface area contributed by atoms with Crippen molar-refractivity contribution in [1.82, 2.24) is 0 Å². The molecule has 0 unspecified atom stereocenters. The van der Waals surface area contributed by atoms with E-state index in [1.807, 2.05) is 0 Å². The van der Waals surface area contributed by atoms with E-state index in [2.05, 4.69) is 4.99 Å². The molecule has 0 aromatic heterocycles. The standard InChI is InChI=1S/C16H8Cl3NO3/c17-10-3-1-8(2-4-10)15-20-13(16(22)23-15)6-9-5-11(18)7-12(19)14(9)21/h1-7,21H/b13-6-. The fourth-order valence-corrected chi connectivity index (χ4v) is 2.60. The number of phenolic OH excluding ortho intramolecular Hbond substituents is 1. The molecule has 0 radical (unpaired) electrons. The van der Waals surface area contributed by atoms with Gasteiger partial charge < -0.3 is 9.84 Å². The highest BCUT2D eigenvalue weighted by atomic mass is 35.5. The van der Waals surface area contributed by atoms with Crippen LogP contribution in [-0.4, -0.2) is 17.0 Å². The third-order valence-corrected chi connectivity index (χ3v) is 3.82. The molecule has 0 amide bonds. The third-order valence-electron chi connectivity index (χ3n) is 3.06. The van der Waals surface area contributed by atoms with Gasteiger partial charge in [0.15, 0.2) is 5.70 Å². The lowest BCUT2D eigenvalue weighted by molar-refractivity contribution is -0.129. The van der Waals surface area contributed by atoms with Crippen molar-refractivity contribution < 1.29 is 14.6 Å². The summed E-state index contributed by atoms with van der Waals surface area (Å²) in [6, 6.07) is 9.57. The Morgan fingerprint density at radius 3 is 2.43 bits per heavy atom. The Morgan fingerprint density at radius 1 is 1.04 bits per heavy atom. The van der Waals surface area contributed by atoms with Gasteiger partial charge in [0.25, 0.3) is 0 Å². The molecule has 1 aliphatic rings. The van der Waals surface area contributed by atoms with Gasteiger partial charge in [-0.1, -0.05) is 34.8 Å². The second-order valence-corrected chi connectivity index (χ2v) is 5.95. The average molecular weight is 369 g/mol. The predicted octanol–water partition coefficient (Wildman–Crippen LogP) is 4.70. The molecule has 0 atom stereocenters. The summed E-state index contributed by atoms with van der Waals surface area (Å²) in [7, 11) is 0. The van der Waals surface area contributed by atoms with E-state index in [1.54, 1.807) is 24.3 Å². The molecule has 0 aliphatic carbocycles. The first-order valence-corrected chi connectivity index (χ1v) is 7.54. The Kier molecular flexibility index (Phi) is 4.31. The summed E-state index contributed by atoms with van der Waals surface area (Å²) in [4.78, 5) is 16.1. The minimum atomic E-state index is -0.634. The van der Waals surface area contributed by atoms with Crippen molar-refractivity contribution in [2.75, 3.05) is 0 Å². The topological polar surface area (TPSA) is 58.9 Å². The lowest BCUT2D eigenvalue weighted by atomic mass is 10.1. The van der Waals surface area contributed by atoms with Crippen molar-refractivity contribution in [2.45, 2.75) is 0 Å². The summed E-state index contributed by atoms with van der Waals surface area (Å²) in [5.41, 5.74) is 0.915. The Labute approximate surface area is 146 Å². The summed E-state index contributed by atoms with van der Waals surface area (Å²) in [6.45, 7) is 0. The summed E-state index contributed by atoms with van der Waals surface area (Å²) in [5, 5.41) is 10.9. The van der Waals surface area contributed by atoms with Gasteiger partial charge in [0.1, 0.15) is 5.75 Å². The van der Waals surface area contributed by atoms with Gasteiger partial charge in [-0.2, -0.15) is 0 Å². The van der Waals surface area contributed by atoms with Crippen LogP contribution in [0.3, 0.4) is 0 Å². The first-order chi connectivity index (χ1) is 10.9. The van der Waals surface area contributed by atoms with Crippen LogP contribution in [0.5, 0.6) is 5.75 Å². The number of halogens is 3. The quantitative estimate of drug-likeness (QED) is 0.617. The molecule has 0 spiro atoms. The molecule has 1 aliphatic heterocycles. The number of ether oxygens (including phenoxy) is 1. The Morgan fingerprint density at radius 2 is 1.74 bits per heavy atom. The van der Waals surface area contributed by atoms with Crippen molar-refractivity contribution in [3.05, 3.63) is 68.3 Å². The van der Waals surface area contributed by atoms with Crippen LogP contribution in [0.15, 0.2) is 47.1 Å².